The molecule has 0 aromatic heterocycles. The number of benzene rings is 2. The van der Waals surface area contributed by atoms with E-state index in [9.17, 15) is 17.6 Å². The second kappa shape index (κ2) is 5.86. The van der Waals surface area contributed by atoms with Gasteiger partial charge in [0.2, 0.25) is 5.91 Å². The summed E-state index contributed by atoms with van der Waals surface area (Å²) < 4.78 is 40.0. The largest absolute Gasteiger partial charge is 0.324 e. The third-order valence-electron chi connectivity index (χ3n) is 3.29. The minimum Gasteiger partial charge on any atom is -0.324 e. The maximum absolute atomic E-state index is 12.9. The van der Waals surface area contributed by atoms with Crippen molar-refractivity contribution in [2.24, 2.45) is 0 Å². The topological polar surface area (TPSA) is 75.3 Å². The standard InChI is InChI=1S/C15H13FN2O3S2/c1-9-15(19)17-13-8-12(6-7-14(13)22-9)23(20,21)18-11-4-2-10(16)3-5-11/h2-9,18H,1H3,(H,17,19). The average Bonchev–Trinajstić information content (AvgIpc) is 2.50. The van der Waals surface area contributed by atoms with E-state index in [1.807, 2.05) is 0 Å². The maximum atomic E-state index is 12.9. The molecule has 1 unspecified atom stereocenters. The molecule has 1 heterocycles. The van der Waals surface area contributed by atoms with Crippen LogP contribution in [0.25, 0.3) is 0 Å². The fourth-order valence-electron chi connectivity index (χ4n) is 2.09. The van der Waals surface area contributed by atoms with Crippen LogP contribution in [0.2, 0.25) is 0 Å². The lowest BCUT2D eigenvalue weighted by Crippen LogP contribution is -2.26. The van der Waals surface area contributed by atoms with Crippen molar-refractivity contribution in [2.45, 2.75) is 22.0 Å². The first-order valence-electron chi connectivity index (χ1n) is 6.75. The minimum absolute atomic E-state index is 0.0241. The Morgan fingerprint density at radius 2 is 1.87 bits per heavy atom. The van der Waals surface area contributed by atoms with Crippen LogP contribution in [0.3, 0.4) is 0 Å². The van der Waals surface area contributed by atoms with Gasteiger partial charge in [0.05, 0.1) is 15.8 Å². The molecule has 3 rings (SSSR count). The van der Waals surface area contributed by atoms with Crippen LogP contribution >= 0.6 is 11.8 Å². The number of halogens is 1. The van der Waals surface area contributed by atoms with E-state index in [0.29, 0.717) is 5.69 Å². The van der Waals surface area contributed by atoms with E-state index in [2.05, 4.69) is 10.0 Å². The molecule has 0 radical (unpaired) electrons. The van der Waals surface area contributed by atoms with Crippen molar-refractivity contribution in [3.8, 4) is 0 Å². The molecule has 0 spiro atoms. The van der Waals surface area contributed by atoms with Gasteiger partial charge in [0.1, 0.15) is 5.82 Å². The summed E-state index contributed by atoms with van der Waals surface area (Å²) in [5.74, 6) is -0.612. The van der Waals surface area contributed by atoms with Gasteiger partial charge in [-0.25, -0.2) is 12.8 Å². The van der Waals surface area contributed by atoms with Crippen LogP contribution in [-0.4, -0.2) is 19.6 Å². The third-order valence-corrected chi connectivity index (χ3v) is 5.85. The van der Waals surface area contributed by atoms with Crippen LogP contribution in [-0.2, 0) is 14.8 Å². The lowest BCUT2D eigenvalue weighted by atomic mass is 10.3. The molecule has 8 heteroatoms. The Balaban J connectivity index is 1.90. The maximum Gasteiger partial charge on any atom is 0.261 e. The van der Waals surface area contributed by atoms with E-state index >= 15 is 0 Å². The predicted molar refractivity (Wildman–Crippen MR) is 87.6 cm³/mol. The fourth-order valence-corrected chi connectivity index (χ4v) is 4.10. The Bertz CT molecular complexity index is 867. The highest BCUT2D eigenvalue weighted by atomic mass is 32.2. The fraction of sp³-hybridized carbons (Fsp3) is 0.133. The summed E-state index contributed by atoms with van der Waals surface area (Å²) >= 11 is 1.38. The van der Waals surface area contributed by atoms with Crippen molar-refractivity contribution >= 4 is 39.1 Å². The van der Waals surface area contributed by atoms with E-state index in [4.69, 9.17) is 0 Å². The zero-order chi connectivity index (χ0) is 16.6. The smallest absolute Gasteiger partial charge is 0.261 e. The number of anilines is 2. The number of carbonyl (C=O) groups is 1. The predicted octanol–water partition coefficient (Wildman–Crippen LogP) is 3.06. The molecule has 0 bridgehead atoms. The number of amides is 1. The zero-order valence-corrected chi connectivity index (χ0v) is 13.7. The van der Waals surface area contributed by atoms with Crippen molar-refractivity contribution < 1.29 is 17.6 Å². The lowest BCUT2D eigenvalue weighted by Gasteiger charge is -2.21. The van der Waals surface area contributed by atoms with Crippen molar-refractivity contribution in [2.75, 3.05) is 10.0 Å². The highest BCUT2D eigenvalue weighted by Gasteiger charge is 2.25. The molecule has 2 aromatic rings. The number of carbonyl (C=O) groups excluding carboxylic acids is 1. The van der Waals surface area contributed by atoms with Gasteiger partial charge in [-0.2, -0.15) is 0 Å². The molecule has 0 fully saturated rings. The highest BCUT2D eigenvalue weighted by molar-refractivity contribution is 8.01. The number of sulfonamides is 1. The van der Waals surface area contributed by atoms with Gasteiger partial charge in [-0.3, -0.25) is 9.52 Å². The molecular formula is C15H13FN2O3S2. The zero-order valence-electron chi connectivity index (χ0n) is 12.0. The molecule has 0 saturated carbocycles. The highest BCUT2D eigenvalue weighted by Crippen LogP contribution is 2.36. The monoisotopic (exact) mass is 352 g/mol. The van der Waals surface area contributed by atoms with Gasteiger partial charge in [0.15, 0.2) is 0 Å². The van der Waals surface area contributed by atoms with E-state index in [-0.39, 0.29) is 21.7 Å². The SMILES string of the molecule is CC1Sc2ccc(S(=O)(=O)Nc3ccc(F)cc3)cc2NC1=O. The Morgan fingerprint density at radius 1 is 1.17 bits per heavy atom. The number of hydrogen-bond donors (Lipinski definition) is 2. The summed E-state index contributed by atoms with van der Waals surface area (Å²) in [5, 5.41) is 2.47. The lowest BCUT2D eigenvalue weighted by molar-refractivity contribution is -0.115. The van der Waals surface area contributed by atoms with Gasteiger partial charge in [-0.15, -0.1) is 11.8 Å². The van der Waals surface area contributed by atoms with Gasteiger partial charge in [0.25, 0.3) is 10.0 Å². The van der Waals surface area contributed by atoms with Crippen molar-refractivity contribution in [1.82, 2.24) is 0 Å². The summed E-state index contributed by atoms with van der Waals surface area (Å²) in [7, 11) is -3.82. The molecular weight excluding hydrogens is 339 g/mol. The molecule has 1 atom stereocenters. The first kappa shape index (κ1) is 15.8. The van der Waals surface area contributed by atoms with Crippen LogP contribution in [0, 0.1) is 5.82 Å². The molecule has 2 N–H and O–H groups in total. The molecule has 2 aromatic carbocycles. The molecule has 5 nitrogen and oxygen atoms in total. The molecule has 1 aliphatic heterocycles. The van der Waals surface area contributed by atoms with Crippen molar-refractivity contribution in [3.05, 3.63) is 48.3 Å². The number of hydrogen-bond acceptors (Lipinski definition) is 4. The first-order chi connectivity index (χ1) is 10.8. The Morgan fingerprint density at radius 3 is 2.57 bits per heavy atom. The summed E-state index contributed by atoms with van der Waals surface area (Å²) in [6.07, 6.45) is 0. The Hall–Kier alpha value is -2.06. The van der Waals surface area contributed by atoms with E-state index in [0.717, 1.165) is 4.90 Å². The Labute approximate surface area is 137 Å². The summed E-state index contributed by atoms with van der Waals surface area (Å²) in [6, 6.07) is 9.57. The first-order valence-corrected chi connectivity index (χ1v) is 9.11. The second-order valence-corrected chi connectivity index (χ2v) is 8.08. The number of nitrogens with one attached hydrogen (secondary N) is 2. The molecule has 0 saturated heterocycles. The molecule has 23 heavy (non-hydrogen) atoms. The molecule has 120 valence electrons. The van der Waals surface area contributed by atoms with Crippen LogP contribution in [0.1, 0.15) is 6.92 Å². The number of thioether (sulfide) groups is 1. The summed E-state index contributed by atoms with van der Waals surface area (Å²) in [5.41, 5.74) is 0.733. The second-order valence-electron chi connectivity index (χ2n) is 5.02. The number of fused-ring (bicyclic) bond motifs is 1. The summed E-state index contributed by atoms with van der Waals surface area (Å²) in [6.45, 7) is 1.78. The van der Waals surface area contributed by atoms with Gasteiger partial charge < -0.3 is 5.32 Å². The number of rotatable bonds is 3. The normalized spacial score (nSPS) is 17.3. The third kappa shape index (κ3) is 3.32. The van der Waals surface area contributed by atoms with Gasteiger partial charge in [-0.05, 0) is 49.4 Å². The van der Waals surface area contributed by atoms with Gasteiger partial charge in [0, 0.05) is 10.6 Å². The van der Waals surface area contributed by atoms with Crippen LogP contribution in [0.5, 0.6) is 0 Å². The summed E-state index contributed by atoms with van der Waals surface area (Å²) in [4.78, 5) is 12.5. The van der Waals surface area contributed by atoms with Crippen LogP contribution in [0.15, 0.2) is 52.3 Å². The quantitative estimate of drug-likeness (QED) is 0.890. The van der Waals surface area contributed by atoms with Gasteiger partial charge in [-0.1, -0.05) is 0 Å². The van der Waals surface area contributed by atoms with Gasteiger partial charge >= 0.3 is 0 Å². The van der Waals surface area contributed by atoms with Crippen LogP contribution < -0.4 is 10.0 Å². The van der Waals surface area contributed by atoms with E-state index in [1.54, 1.807) is 13.0 Å². The van der Waals surface area contributed by atoms with E-state index in [1.165, 1.54) is 48.2 Å². The molecule has 0 aliphatic carbocycles. The molecule has 1 amide bonds. The van der Waals surface area contributed by atoms with Crippen molar-refractivity contribution in [3.63, 3.8) is 0 Å². The Kier molecular flexibility index (Phi) is 4.03. The average molecular weight is 352 g/mol. The van der Waals surface area contributed by atoms with Crippen LogP contribution in [0.4, 0.5) is 15.8 Å². The molecule has 1 aliphatic rings. The minimum atomic E-state index is -3.82. The van der Waals surface area contributed by atoms with Crippen molar-refractivity contribution in [1.29, 1.82) is 0 Å². The van der Waals surface area contributed by atoms with E-state index < -0.39 is 15.8 Å².